The number of ether oxygens (including phenoxy) is 1. The van der Waals surface area contributed by atoms with Crippen LogP contribution in [0.5, 0.6) is 5.75 Å². The summed E-state index contributed by atoms with van der Waals surface area (Å²) in [6.45, 7) is 1.56. The molecule has 0 aliphatic heterocycles. The van der Waals surface area contributed by atoms with Crippen molar-refractivity contribution in [2.24, 2.45) is 5.73 Å². The summed E-state index contributed by atoms with van der Waals surface area (Å²) in [4.78, 5) is 22.9. The second-order valence-corrected chi connectivity index (χ2v) is 5.43. The lowest BCUT2D eigenvalue weighted by Crippen LogP contribution is -2.20. The van der Waals surface area contributed by atoms with Crippen LogP contribution in [0.25, 0.3) is 11.5 Å². The van der Waals surface area contributed by atoms with Crippen LogP contribution in [-0.4, -0.2) is 28.6 Å². The van der Waals surface area contributed by atoms with Crippen molar-refractivity contribution in [3.05, 3.63) is 60.0 Å². The van der Waals surface area contributed by atoms with E-state index in [0.717, 1.165) is 5.56 Å². The lowest BCUT2D eigenvalue weighted by molar-refractivity contribution is -0.118. The van der Waals surface area contributed by atoms with Gasteiger partial charge in [0.15, 0.2) is 6.61 Å². The van der Waals surface area contributed by atoms with E-state index in [0.29, 0.717) is 28.8 Å². The molecule has 0 atom stereocenters. The summed E-state index contributed by atoms with van der Waals surface area (Å²) in [7, 11) is 0. The first kappa shape index (κ1) is 17.2. The van der Waals surface area contributed by atoms with Crippen LogP contribution in [0.3, 0.4) is 0 Å². The monoisotopic (exact) mass is 352 g/mol. The highest BCUT2D eigenvalue weighted by Crippen LogP contribution is 2.21. The summed E-state index contributed by atoms with van der Waals surface area (Å²) in [5.41, 5.74) is 6.85. The van der Waals surface area contributed by atoms with Crippen molar-refractivity contribution in [1.82, 2.24) is 10.2 Å². The minimum atomic E-state index is -0.523. The van der Waals surface area contributed by atoms with Gasteiger partial charge in [0, 0.05) is 23.7 Å². The lowest BCUT2D eigenvalue weighted by Gasteiger charge is -2.08. The molecule has 1 heterocycles. The maximum absolute atomic E-state index is 11.9. The van der Waals surface area contributed by atoms with E-state index in [2.05, 4.69) is 15.5 Å². The zero-order valence-corrected chi connectivity index (χ0v) is 13.9. The third kappa shape index (κ3) is 4.23. The number of primary amides is 1. The highest BCUT2D eigenvalue weighted by atomic mass is 16.5. The van der Waals surface area contributed by atoms with Gasteiger partial charge >= 0.3 is 0 Å². The molecule has 2 amide bonds. The number of carbonyl (C=O) groups is 2. The molecule has 0 radical (unpaired) electrons. The Bertz CT molecular complexity index is 917. The predicted molar refractivity (Wildman–Crippen MR) is 93.6 cm³/mol. The number of hydrogen-bond acceptors (Lipinski definition) is 6. The van der Waals surface area contributed by atoms with Crippen molar-refractivity contribution < 1.29 is 18.7 Å². The average molecular weight is 352 g/mol. The largest absolute Gasteiger partial charge is 0.484 e. The predicted octanol–water partition coefficient (Wildman–Crippen LogP) is 2.16. The molecule has 0 aliphatic rings. The van der Waals surface area contributed by atoms with Gasteiger partial charge in [-0.1, -0.05) is 0 Å². The molecule has 3 aromatic rings. The SMILES string of the molecule is Cc1nnc(-c2ccc(OCC(=O)Nc3ccc(C(N)=O)cc3)cc2)o1. The van der Waals surface area contributed by atoms with Crippen molar-refractivity contribution in [2.75, 3.05) is 11.9 Å². The van der Waals surface area contributed by atoms with Gasteiger partial charge in [-0.05, 0) is 48.5 Å². The van der Waals surface area contributed by atoms with Crippen LogP contribution in [0.15, 0.2) is 52.9 Å². The molecule has 8 nitrogen and oxygen atoms in total. The maximum Gasteiger partial charge on any atom is 0.262 e. The van der Waals surface area contributed by atoms with Gasteiger partial charge in [-0.15, -0.1) is 10.2 Å². The minimum absolute atomic E-state index is 0.156. The minimum Gasteiger partial charge on any atom is -0.484 e. The van der Waals surface area contributed by atoms with Gasteiger partial charge in [-0.25, -0.2) is 0 Å². The van der Waals surface area contributed by atoms with Crippen molar-refractivity contribution in [2.45, 2.75) is 6.92 Å². The van der Waals surface area contributed by atoms with Crippen LogP contribution < -0.4 is 15.8 Å². The number of aryl methyl sites for hydroxylation is 1. The molecule has 3 rings (SSSR count). The van der Waals surface area contributed by atoms with E-state index in [4.69, 9.17) is 14.9 Å². The van der Waals surface area contributed by atoms with Gasteiger partial charge in [-0.3, -0.25) is 9.59 Å². The third-order valence-electron chi connectivity index (χ3n) is 3.45. The fourth-order valence-corrected chi connectivity index (χ4v) is 2.17. The molecular formula is C18H16N4O4. The number of nitrogens with zero attached hydrogens (tertiary/aromatic N) is 2. The van der Waals surface area contributed by atoms with Crippen LogP contribution in [-0.2, 0) is 4.79 Å². The van der Waals surface area contributed by atoms with E-state index in [1.807, 2.05) is 0 Å². The molecule has 0 aliphatic carbocycles. The van der Waals surface area contributed by atoms with Gasteiger partial charge in [0.05, 0.1) is 0 Å². The molecule has 2 aromatic carbocycles. The number of nitrogens with two attached hydrogens (primary N) is 1. The molecule has 0 saturated carbocycles. The Morgan fingerprint density at radius 3 is 2.35 bits per heavy atom. The second kappa shape index (κ2) is 7.47. The number of nitrogens with one attached hydrogen (secondary N) is 1. The van der Waals surface area contributed by atoms with E-state index in [1.54, 1.807) is 43.3 Å². The van der Waals surface area contributed by atoms with Gasteiger partial charge in [0.25, 0.3) is 5.91 Å². The molecule has 0 spiro atoms. The van der Waals surface area contributed by atoms with E-state index in [1.165, 1.54) is 12.1 Å². The quantitative estimate of drug-likeness (QED) is 0.701. The number of carbonyl (C=O) groups excluding carboxylic acids is 2. The highest BCUT2D eigenvalue weighted by Gasteiger charge is 2.08. The summed E-state index contributed by atoms with van der Waals surface area (Å²) >= 11 is 0. The maximum atomic E-state index is 11.9. The molecule has 132 valence electrons. The Balaban J connectivity index is 1.53. The Morgan fingerprint density at radius 1 is 1.08 bits per heavy atom. The van der Waals surface area contributed by atoms with Gasteiger partial charge < -0.3 is 20.2 Å². The number of hydrogen-bond donors (Lipinski definition) is 2. The van der Waals surface area contributed by atoms with E-state index in [-0.39, 0.29) is 12.5 Å². The molecule has 26 heavy (non-hydrogen) atoms. The van der Waals surface area contributed by atoms with Crippen molar-refractivity contribution in [3.63, 3.8) is 0 Å². The molecule has 1 aromatic heterocycles. The second-order valence-electron chi connectivity index (χ2n) is 5.43. The summed E-state index contributed by atoms with van der Waals surface area (Å²) < 4.78 is 10.8. The smallest absolute Gasteiger partial charge is 0.262 e. The number of rotatable bonds is 6. The normalized spacial score (nSPS) is 10.3. The summed E-state index contributed by atoms with van der Waals surface area (Å²) in [5.74, 6) is 0.593. The van der Waals surface area contributed by atoms with E-state index in [9.17, 15) is 9.59 Å². The zero-order chi connectivity index (χ0) is 18.5. The molecule has 0 unspecified atom stereocenters. The molecule has 0 saturated heterocycles. The van der Waals surface area contributed by atoms with Crippen LogP contribution in [0.4, 0.5) is 5.69 Å². The summed E-state index contributed by atoms with van der Waals surface area (Å²) in [6, 6.07) is 13.2. The van der Waals surface area contributed by atoms with Gasteiger partial charge in [0.1, 0.15) is 5.75 Å². The Morgan fingerprint density at radius 2 is 1.77 bits per heavy atom. The average Bonchev–Trinajstić information content (AvgIpc) is 3.07. The molecule has 3 N–H and O–H groups in total. The van der Waals surface area contributed by atoms with Crippen LogP contribution >= 0.6 is 0 Å². The standard InChI is InChI=1S/C18H16N4O4/c1-11-21-22-18(26-11)13-4-8-15(9-5-13)25-10-16(23)20-14-6-2-12(3-7-14)17(19)24/h2-9H,10H2,1H3,(H2,19,24)(H,20,23). The Labute approximate surface area is 149 Å². The van der Waals surface area contributed by atoms with E-state index >= 15 is 0 Å². The number of amides is 2. The fourth-order valence-electron chi connectivity index (χ4n) is 2.17. The van der Waals surface area contributed by atoms with E-state index < -0.39 is 5.91 Å². The summed E-state index contributed by atoms with van der Waals surface area (Å²) in [5, 5.41) is 10.4. The van der Waals surface area contributed by atoms with Gasteiger partial charge in [0.2, 0.25) is 17.7 Å². The van der Waals surface area contributed by atoms with Crippen LogP contribution in [0.2, 0.25) is 0 Å². The van der Waals surface area contributed by atoms with Crippen molar-refractivity contribution in [3.8, 4) is 17.2 Å². The van der Waals surface area contributed by atoms with Crippen molar-refractivity contribution in [1.29, 1.82) is 0 Å². The first-order valence-corrected chi connectivity index (χ1v) is 7.74. The lowest BCUT2D eigenvalue weighted by atomic mass is 10.2. The Hall–Kier alpha value is -3.68. The first-order chi connectivity index (χ1) is 12.5. The number of benzene rings is 2. The Kier molecular flexibility index (Phi) is 4.93. The van der Waals surface area contributed by atoms with Crippen LogP contribution in [0, 0.1) is 6.92 Å². The van der Waals surface area contributed by atoms with Crippen molar-refractivity contribution >= 4 is 17.5 Å². The highest BCUT2D eigenvalue weighted by molar-refractivity contribution is 5.95. The third-order valence-corrected chi connectivity index (χ3v) is 3.45. The topological polar surface area (TPSA) is 120 Å². The molecule has 0 bridgehead atoms. The van der Waals surface area contributed by atoms with Gasteiger partial charge in [-0.2, -0.15) is 0 Å². The molecule has 0 fully saturated rings. The molecule has 8 heteroatoms. The first-order valence-electron chi connectivity index (χ1n) is 7.74. The van der Waals surface area contributed by atoms with Crippen LogP contribution in [0.1, 0.15) is 16.2 Å². The zero-order valence-electron chi connectivity index (χ0n) is 13.9. The summed E-state index contributed by atoms with van der Waals surface area (Å²) in [6.07, 6.45) is 0. The number of anilines is 1. The number of aromatic nitrogens is 2. The fraction of sp³-hybridized carbons (Fsp3) is 0.111. The molecular weight excluding hydrogens is 336 g/mol.